The molecular formula is C13H17BrN2O2. The average molecular weight is 313 g/mol. The number of amides is 1. The maximum absolute atomic E-state index is 11.8. The van der Waals surface area contributed by atoms with Crippen molar-refractivity contribution >= 4 is 27.5 Å². The molecule has 1 aromatic carbocycles. The van der Waals surface area contributed by atoms with Crippen molar-refractivity contribution < 1.29 is 9.90 Å². The van der Waals surface area contributed by atoms with Crippen molar-refractivity contribution in [1.82, 2.24) is 4.90 Å². The zero-order chi connectivity index (χ0) is 13.2. The standard InChI is InChI=1S/C13H17BrN2O2/c1-2-13(18)8-16(9-13)7-12(17)15-11-6-4-3-5-10(11)14/h3-6,18H,2,7-9H2,1H3,(H,15,17). The monoisotopic (exact) mass is 312 g/mol. The van der Waals surface area contributed by atoms with Crippen LogP contribution in [0.4, 0.5) is 5.69 Å². The number of likely N-dealkylation sites (tertiary alicyclic amines) is 1. The summed E-state index contributed by atoms with van der Waals surface area (Å²) in [6.45, 7) is 3.43. The van der Waals surface area contributed by atoms with Crippen LogP contribution in [0.5, 0.6) is 0 Å². The highest BCUT2D eigenvalue weighted by Gasteiger charge is 2.39. The van der Waals surface area contributed by atoms with Crippen molar-refractivity contribution in [3.05, 3.63) is 28.7 Å². The number of halogens is 1. The quantitative estimate of drug-likeness (QED) is 0.892. The summed E-state index contributed by atoms with van der Waals surface area (Å²) in [6.07, 6.45) is 0.732. The second-order valence-corrected chi connectivity index (χ2v) is 5.61. The molecule has 0 saturated carbocycles. The first-order valence-electron chi connectivity index (χ1n) is 6.01. The lowest BCUT2D eigenvalue weighted by Gasteiger charge is -2.45. The van der Waals surface area contributed by atoms with E-state index in [0.29, 0.717) is 19.6 Å². The number of carbonyl (C=O) groups is 1. The largest absolute Gasteiger partial charge is 0.387 e. The molecule has 0 spiro atoms. The molecule has 0 unspecified atom stereocenters. The van der Waals surface area contributed by atoms with Crippen LogP contribution in [0.2, 0.25) is 0 Å². The predicted molar refractivity (Wildman–Crippen MR) is 74.5 cm³/mol. The first-order chi connectivity index (χ1) is 8.52. The summed E-state index contributed by atoms with van der Waals surface area (Å²) in [6, 6.07) is 7.51. The van der Waals surface area contributed by atoms with Crippen LogP contribution in [0.1, 0.15) is 13.3 Å². The molecule has 1 aromatic rings. The maximum atomic E-state index is 11.8. The minimum atomic E-state index is -0.590. The van der Waals surface area contributed by atoms with E-state index in [1.165, 1.54) is 0 Å². The van der Waals surface area contributed by atoms with Gasteiger partial charge in [-0.2, -0.15) is 0 Å². The lowest BCUT2D eigenvalue weighted by Crippen LogP contribution is -2.62. The smallest absolute Gasteiger partial charge is 0.238 e. The first kappa shape index (κ1) is 13.5. The zero-order valence-corrected chi connectivity index (χ0v) is 11.9. The number of para-hydroxylation sites is 1. The van der Waals surface area contributed by atoms with Gasteiger partial charge in [0.15, 0.2) is 0 Å². The average Bonchev–Trinajstić information content (AvgIpc) is 2.30. The molecule has 2 rings (SSSR count). The topological polar surface area (TPSA) is 52.6 Å². The molecule has 1 saturated heterocycles. The van der Waals surface area contributed by atoms with Gasteiger partial charge in [-0.25, -0.2) is 0 Å². The molecule has 18 heavy (non-hydrogen) atoms. The minimum Gasteiger partial charge on any atom is -0.387 e. The van der Waals surface area contributed by atoms with Gasteiger partial charge < -0.3 is 10.4 Å². The van der Waals surface area contributed by atoms with Gasteiger partial charge in [0.2, 0.25) is 5.91 Å². The predicted octanol–water partition coefficient (Wildman–Crippen LogP) is 1.84. The molecule has 0 aliphatic carbocycles. The molecule has 0 bridgehead atoms. The molecule has 0 aromatic heterocycles. The van der Waals surface area contributed by atoms with E-state index in [-0.39, 0.29) is 5.91 Å². The Labute approximate surface area is 115 Å². The van der Waals surface area contributed by atoms with Crippen LogP contribution in [-0.2, 0) is 4.79 Å². The van der Waals surface area contributed by atoms with Crippen LogP contribution >= 0.6 is 15.9 Å². The molecule has 98 valence electrons. The normalized spacial score (nSPS) is 18.2. The second-order valence-electron chi connectivity index (χ2n) is 4.75. The molecule has 1 fully saturated rings. The number of benzene rings is 1. The Kier molecular flexibility index (Phi) is 4.04. The first-order valence-corrected chi connectivity index (χ1v) is 6.81. The number of hydrogen-bond donors (Lipinski definition) is 2. The van der Waals surface area contributed by atoms with Gasteiger partial charge >= 0.3 is 0 Å². The molecule has 1 aliphatic rings. The third-order valence-corrected chi connectivity index (χ3v) is 3.90. The highest BCUT2D eigenvalue weighted by Crippen LogP contribution is 2.24. The number of rotatable bonds is 4. The van der Waals surface area contributed by atoms with E-state index in [1.54, 1.807) is 0 Å². The molecule has 5 heteroatoms. The van der Waals surface area contributed by atoms with Crippen LogP contribution in [0, 0.1) is 0 Å². The summed E-state index contributed by atoms with van der Waals surface area (Å²) in [5.74, 6) is -0.0555. The minimum absolute atomic E-state index is 0.0555. The molecular weight excluding hydrogens is 296 g/mol. The lowest BCUT2D eigenvalue weighted by molar-refractivity contribution is -0.128. The summed E-state index contributed by atoms with van der Waals surface area (Å²) in [5, 5.41) is 12.7. The summed E-state index contributed by atoms with van der Waals surface area (Å²) >= 11 is 3.38. The molecule has 0 atom stereocenters. The Bertz CT molecular complexity index is 444. The fraction of sp³-hybridized carbons (Fsp3) is 0.462. The number of aliphatic hydroxyl groups is 1. The Balaban J connectivity index is 1.82. The molecule has 4 nitrogen and oxygen atoms in total. The van der Waals surface area contributed by atoms with E-state index in [2.05, 4.69) is 21.2 Å². The van der Waals surface area contributed by atoms with Gasteiger partial charge in [0.1, 0.15) is 0 Å². The van der Waals surface area contributed by atoms with Crippen molar-refractivity contribution in [1.29, 1.82) is 0 Å². The Morgan fingerprint density at radius 2 is 2.17 bits per heavy atom. The molecule has 0 radical (unpaired) electrons. The second kappa shape index (κ2) is 5.38. The Morgan fingerprint density at radius 1 is 1.50 bits per heavy atom. The fourth-order valence-electron chi connectivity index (χ4n) is 2.08. The highest BCUT2D eigenvalue weighted by molar-refractivity contribution is 9.10. The van der Waals surface area contributed by atoms with E-state index in [0.717, 1.165) is 16.6 Å². The van der Waals surface area contributed by atoms with Gasteiger partial charge in [0.25, 0.3) is 0 Å². The third kappa shape index (κ3) is 3.10. The molecule has 2 N–H and O–H groups in total. The Morgan fingerprint density at radius 3 is 2.78 bits per heavy atom. The van der Waals surface area contributed by atoms with Crippen molar-refractivity contribution in [2.24, 2.45) is 0 Å². The molecule has 1 heterocycles. The van der Waals surface area contributed by atoms with Gasteiger partial charge in [0.05, 0.1) is 17.8 Å². The summed E-state index contributed by atoms with van der Waals surface area (Å²) in [4.78, 5) is 13.8. The van der Waals surface area contributed by atoms with Crippen molar-refractivity contribution in [2.45, 2.75) is 18.9 Å². The van der Waals surface area contributed by atoms with E-state index < -0.39 is 5.60 Å². The van der Waals surface area contributed by atoms with Gasteiger partial charge in [-0.3, -0.25) is 9.69 Å². The van der Waals surface area contributed by atoms with Crippen molar-refractivity contribution in [3.63, 3.8) is 0 Å². The highest BCUT2D eigenvalue weighted by atomic mass is 79.9. The fourth-order valence-corrected chi connectivity index (χ4v) is 2.46. The lowest BCUT2D eigenvalue weighted by atomic mass is 9.91. The van der Waals surface area contributed by atoms with Crippen LogP contribution in [0.25, 0.3) is 0 Å². The molecule has 1 amide bonds. The van der Waals surface area contributed by atoms with Crippen LogP contribution in [0.3, 0.4) is 0 Å². The third-order valence-electron chi connectivity index (χ3n) is 3.21. The Hall–Kier alpha value is -0.910. The zero-order valence-electron chi connectivity index (χ0n) is 10.3. The number of anilines is 1. The number of nitrogens with zero attached hydrogens (tertiary/aromatic N) is 1. The van der Waals surface area contributed by atoms with Gasteiger partial charge in [0, 0.05) is 17.6 Å². The summed E-state index contributed by atoms with van der Waals surface area (Å²) in [7, 11) is 0. The summed E-state index contributed by atoms with van der Waals surface area (Å²) in [5.41, 5.74) is 0.182. The van der Waals surface area contributed by atoms with Crippen molar-refractivity contribution in [2.75, 3.05) is 25.0 Å². The van der Waals surface area contributed by atoms with E-state index >= 15 is 0 Å². The van der Waals surface area contributed by atoms with E-state index in [1.807, 2.05) is 36.1 Å². The van der Waals surface area contributed by atoms with Crippen molar-refractivity contribution in [3.8, 4) is 0 Å². The van der Waals surface area contributed by atoms with Gasteiger partial charge in [-0.05, 0) is 34.5 Å². The van der Waals surface area contributed by atoms with Gasteiger partial charge in [-0.15, -0.1) is 0 Å². The van der Waals surface area contributed by atoms with E-state index in [9.17, 15) is 9.90 Å². The maximum Gasteiger partial charge on any atom is 0.238 e. The number of hydrogen-bond acceptors (Lipinski definition) is 3. The van der Waals surface area contributed by atoms with Crippen LogP contribution in [-0.4, -0.2) is 41.1 Å². The summed E-state index contributed by atoms with van der Waals surface area (Å²) < 4.78 is 0.868. The van der Waals surface area contributed by atoms with Gasteiger partial charge in [-0.1, -0.05) is 19.1 Å². The number of nitrogens with one attached hydrogen (secondary N) is 1. The van der Waals surface area contributed by atoms with Crippen LogP contribution in [0.15, 0.2) is 28.7 Å². The SMILES string of the molecule is CCC1(O)CN(CC(=O)Nc2ccccc2Br)C1. The number of β-amino-alcohol motifs (C(OH)–C–C–N with tert-alkyl or cyclic N) is 1. The van der Waals surface area contributed by atoms with E-state index in [4.69, 9.17) is 0 Å². The molecule has 1 aliphatic heterocycles. The number of carbonyl (C=O) groups excluding carboxylic acids is 1. The van der Waals surface area contributed by atoms with Crippen LogP contribution < -0.4 is 5.32 Å².